The summed E-state index contributed by atoms with van der Waals surface area (Å²) in [4.78, 5) is 36.3. The summed E-state index contributed by atoms with van der Waals surface area (Å²) in [5.41, 5.74) is 3.13. The third-order valence-corrected chi connectivity index (χ3v) is 3.66. The maximum Gasteiger partial charge on any atom is 0.280 e. The Morgan fingerprint density at radius 1 is 1.10 bits per heavy atom. The molecule has 0 radical (unpaired) electrons. The van der Waals surface area contributed by atoms with Crippen molar-refractivity contribution in [2.45, 2.75) is 19.3 Å². The zero-order valence-corrected chi connectivity index (χ0v) is 10.8. The van der Waals surface area contributed by atoms with Crippen LogP contribution < -0.4 is 5.43 Å². The summed E-state index contributed by atoms with van der Waals surface area (Å²) < 4.78 is 0. The lowest BCUT2D eigenvalue weighted by Gasteiger charge is -2.21. The molecule has 1 aromatic carbocycles. The molecule has 0 saturated heterocycles. The van der Waals surface area contributed by atoms with Crippen molar-refractivity contribution in [2.24, 2.45) is 5.92 Å². The summed E-state index contributed by atoms with van der Waals surface area (Å²) in [5, 5.41) is 0.825. The molecule has 0 spiro atoms. The normalized spacial score (nSPS) is 21.0. The van der Waals surface area contributed by atoms with Gasteiger partial charge < -0.3 is 0 Å². The predicted octanol–water partition coefficient (Wildman–Crippen LogP) is 1.67. The van der Waals surface area contributed by atoms with Crippen molar-refractivity contribution in [2.75, 3.05) is 0 Å². The average molecular weight is 270 g/mol. The molecule has 5 nitrogen and oxygen atoms in total. The Hall–Kier alpha value is -2.43. The number of carbonyl (C=O) groups is 3. The first-order valence-electron chi connectivity index (χ1n) is 6.62. The molecule has 20 heavy (non-hydrogen) atoms. The highest BCUT2D eigenvalue weighted by Gasteiger charge is 2.37. The Bertz CT molecular complexity index is 586. The summed E-state index contributed by atoms with van der Waals surface area (Å²) in [5.74, 6) is -1.39. The van der Waals surface area contributed by atoms with Gasteiger partial charge >= 0.3 is 0 Å². The highest BCUT2D eigenvalue weighted by Crippen LogP contribution is 2.22. The zero-order chi connectivity index (χ0) is 14.1. The Kier molecular flexibility index (Phi) is 3.10. The van der Waals surface area contributed by atoms with Gasteiger partial charge in [0, 0.05) is 5.92 Å². The van der Waals surface area contributed by atoms with Gasteiger partial charge in [-0.05, 0) is 31.4 Å². The van der Waals surface area contributed by atoms with E-state index in [-0.39, 0.29) is 11.8 Å². The molecule has 1 unspecified atom stereocenters. The van der Waals surface area contributed by atoms with Crippen LogP contribution in [0.2, 0.25) is 0 Å². The molecule has 0 saturated carbocycles. The monoisotopic (exact) mass is 270 g/mol. The van der Waals surface area contributed by atoms with Crippen LogP contribution in [0.1, 0.15) is 40.0 Å². The number of hydrogen-bond acceptors (Lipinski definition) is 3. The average Bonchev–Trinajstić information content (AvgIpc) is 2.74. The van der Waals surface area contributed by atoms with E-state index in [1.807, 2.05) is 12.2 Å². The number of amides is 3. The Morgan fingerprint density at radius 3 is 2.30 bits per heavy atom. The predicted molar refractivity (Wildman–Crippen MR) is 71.6 cm³/mol. The summed E-state index contributed by atoms with van der Waals surface area (Å²) in [6.07, 6.45) is 6.22. The molecule has 1 N–H and O–H groups in total. The van der Waals surface area contributed by atoms with Gasteiger partial charge in [-0.2, -0.15) is 5.01 Å². The minimum atomic E-state index is -0.467. The number of fused-ring (bicyclic) bond motifs is 1. The minimum Gasteiger partial charge on any atom is -0.273 e. The highest BCUT2D eigenvalue weighted by molar-refractivity contribution is 6.21. The van der Waals surface area contributed by atoms with Crippen LogP contribution in [-0.4, -0.2) is 22.7 Å². The lowest BCUT2D eigenvalue weighted by Crippen LogP contribution is -2.48. The molecule has 1 aromatic rings. The summed E-state index contributed by atoms with van der Waals surface area (Å²) in [6.45, 7) is 0. The molecule has 1 atom stereocenters. The first kappa shape index (κ1) is 12.6. The van der Waals surface area contributed by atoms with E-state index in [1.165, 1.54) is 0 Å². The smallest absolute Gasteiger partial charge is 0.273 e. The van der Waals surface area contributed by atoms with Crippen LogP contribution in [-0.2, 0) is 4.79 Å². The van der Waals surface area contributed by atoms with Crippen LogP contribution in [0.3, 0.4) is 0 Å². The molecular formula is C15H14N2O3. The van der Waals surface area contributed by atoms with Crippen LogP contribution in [0.5, 0.6) is 0 Å². The lowest BCUT2D eigenvalue weighted by molar-refractivity contribution is -0.128. The number of nitrogens with one attached hydrogen (secondary N) is 1. The van der Waals surface area contributed by atoms with E-state index in [0.29, 0.717) is 17.5 Å². The maximum absolute atomic E-state index is 12.1. The van der Waals surface area contributed by atoms with Gasteiger partial charge in [-0.15, -0.1) is 0 Å². The van der Waals surface area contributed by atoms with Crippen molar-refractivity contribution < 1.29 is 14.4 Å². The fourth-order valence-corrected chi connectivity index (χ4v) is 2.52. The van der Waals surface area contributed by atoms with Crippen molar-refractivity contribution in [3.8, 4) is 0 Å². The van der Waals surface area contributed by atoms with Crippen LogP contribution in [0.15, 0.2) is 36.4 Å². The lowest BCUT2D eigenvalue weighted by atomic mass is 9.94. The van der Waals surface area contributed by atoms with Crippen LogP contribution in [0, 0.1) is 5.92 Å². The molecule has 3 amide bonds. The fraction of sp³-hybridized carbons (Fsp3) is 0.267. The SMILES string of the molecule is O=C(NN1C(=O)c2ccccc2C1=O)C1CC=CCC1. The van der Waals surface area contributed by atoms with Crippen LogP contribution >= 0.6 is 0 Å². The first-order valence-corrected chi connectivity index (χ1v) is 6.62. The van der Waals surface area contributed by atoms with Gasteiger partial charge in [0.05, 0.1) is 11.1 Å². The summed E-state index contributed by atoms with van der Waals surface area (Å²) in [6, 6.07) is 6.57. The third kappa shape index (κ3) is 2.01. The summed E-state index contributed by atoms with van der Waals surface area (Å²) in [7, 11) is 0. The quantitative estimate of drug-likeness (QED) is 0.656. The molecule has 1 aliphatic heterocycles. The zero-order valence-electron chi connectivity index (χ0n) is 10.8. The van der Waals surface area contributed by atoms with Gasteiger partial charge in [0.25, 0.3) is 11.8 Å². The molecule has 0 bridgehead atoms. The number of rotatable bonds is 2. The number of imide groups is 1. The standard InChI is InChI=1S/C15H14N2O3/c18-13(10-6-2-1-3-7-10)16-17-14(19)11-8-4-5-9-12(11)15(17)20/h1-2,4-5,8-10H,3,6-7H2,(H,16,18). The van der Waals surface area contributed by atoms with E-state index in [4.69, 9.17) is 0 Å². The molecule has 2 aliphatic rings. The van der Waals surface area contributed by atoms with E-state index in [0.717, 1.165) is 17.9 Å². The van der Waals surface area contributed by atoms with Gasteiger partial charge in [0.15, 0.2) is 0 Å². The number of hydrogen-bond donors (Lipinski definition) is 1. The molecule has 3 rings (SSSR count). The van der Waals surface area contributed by atoms with Gasteiger partial charge in [-0.1, -0.05) is 24.3 Å². The van der Waals surface area contributed by atoms with Crippen LogP contribution in [0.4, 0.5) is 0 Å². The van der Waals surface area contributed by atoms with Gasteiger partial charge in [0.1, 0.15) is 0 Å². The fourth-order valence-electron chi connectivity index (χ4n) is 2.52. The van der Waals surface area contributed by atoms with Crippen molar-refractivity contribution in [1.82, 2.24) is 10.4 Å². The van der Waals surface area contributed by atoms with Gasteiger partial charge in [0.2, 0.25) is 5.91 Å². The number of allylic oxidation sites excluding steroid dienone is 2. The molecule has 1 heterocycles. The van der Waals surface area contributed by atoms with Crippen molar-refractivity contribution >= 4 is 17.7 Å². The van der Waals surface area contributed by atoms with E-state index in [2.05, 4.69) is 5.43 Å². The minimum absolute atomic E-state index is 0.177. The van der Waals surface area contributed by atoms with Crippen molar-refractivity contribution in [3.05, 3.63) is 47.5 Å². The second-order valence-corrected chi connectivity index (χ2v) is 4.95. The molecule has 0 fully saturated rings. The molecule has 102 valence electrons. The third-order valence-electron chi connectivity index (χ3n) is 3.66. The summed E-state index contributed by atoms with van der Waals surface area (Å²) >= 11 is 0. The van der Waals surface area contributed by atoms with Gasteiger partial charge in [-0.25, -0.2) is 0 Å². The molecule has 0 aromatic heterocycles. The Morgan fingerprint density at radius 2 is 1.75 bits per heavy atom. The number of benzene rings is 1. The van der Waals surface area contributed by atoms with E-state index in [1.54, 1.807) is 24.3 Å². The van der Waals surface area contributed by atoms with Crippen molar-refractivity contribution in [1.29, 1.82) is 0 Å². The van der Waals surface area contributed by atoms with Crippen LogP contribution in [0.25, 0.3) is 0 Å². The number of nitrogens with zero attached hydrogens (tertiary/aromatic N) is 1. The van der Waals surface area contributed by atoms with E-state index >= 15 is 0 Å². The molecule has 5 heteroatoms. The first-order chi connectivity index (χ1) is 9.68. The molecular weight excluding hydrogens is 256 g/mol. The number of carbonyl (C=O) groups excluding carboxylic acids is 3. The number of hydrazine groups is 1. The van der Waals surface area contributed by atoms with Gasteiger partial charge in [-0.3, -0.25) is 19.8 Å². The maximum atomic E-state index is 12.1. The Balaban J connectivity index is 1.76. The largest absolute Gasteiger partial charge is 0.280 e. The molecule has 1 aliphatic carbocycles. The van der Waals surface area contributed by atoms with Crippen molar-refractivity contribution in [3.63, 3.8) is 0 Å². The topological polar surface area (TPSA) is 66.5 Å². The van der Waals surface area contributed by atoms with E-state index in [9.17, 15) is 14.4 Å². The second-order valence-electron chi connectivity index (χ2n) is 4.95. The van der Waals surface area contributed by atoms with E-state index < -0.39 is 11.8 Å². The Labute approximate surface area is 116 Å². The second kappa shape index (κ2) is 4.92. The highest BCUT2D eigenvalue weighted by atomic mass is 16.2.